The normalized spacial score (nSPS) is 10.2. The van der Waals surface area contributed by atoms with E-state index in [-0.39, 0.29) is 10.9 Å². The van der Waals surface area contributed by atoms with Gasteiger partial charge in [-0.3, -0.25) is 10.1 Å². The maximum Gasteiger partial charge on any atom is 0.258 e. The average molecular weight is 309 g/mol. The minimum absolute atomic E-state index is 0.228. The Labute approximate surface area is 130 Å². The number of hydrogen-bond donors (Lipinski definition) is 1. The second kappa shape index (κ2) is 6.28. The number of rotatable bonds is 4. The topological polar surface area (TPSA) is 71.4 Å². The minimum atomic E-state index is -0.272. The highest BCUT2D eigenvalue weighted by molar-refractivity contribution is 7.19. The first-order valence-corrected chi connectivity index (χ1v) is 7.34. The molecule has 22 heavy (non-hydrogen) atoms. The van der Waals surface area contributed by atoms with E-state index < -0.39 is 0 Å². The van der Waals surface area contributed by atoms with Gasteiger partial charge in [-0.25, -0.2) is 4.98 Å². The van der Waals surface area contributed by atoms with Gasteiger partial charge in [0.1, 0.15) is 0 Å². The Morgan fingerprint density at radius 1 is 1.05 bits per heavy atom. The Bertz CT molecular complexity index is 815. The fraction of sp³-hybridized carbons (Fsp3) is 0. The van der Waals surface area contributed by atoms with Crippen LogP contribution in [0.1, 0.15) is 10.4 Å². The van der Waals surface area contributed by atoms with Crippen LogP contribution in [0.3, 0.4) is 0 Å². The van der Waals surface area contributed by atoms with Crippen molar-refractivity contribution in [3.05, 3.63) is 71.3 Å². The number of carbonyl (C=O) groups is 1. The zero-order valence-electron chi connectivity index (χ0n) is 11.4. The smallest absolute Gasteiger partial charge is 0.258 e. The molecule has 3 aromatic rings. The first-order valence-electron chi connectivity index (χ1n) is 6.53. The lowest BCUT2D eigenvalue weighted by Gasteiger charge is -2.08. The molecule has 1 aromatic heterocycles. The van der Waals surface area contributed by atoms with Crippen LogP contribution in [0.2, 0.25) is 0 Å². The molecule has 0 aliphatic carbocycles. The largest absolute Gasteiger partial charge is 0.298 e. The Morgan fingerprint density at radius 3 is 2.50 bits per heavy atom. The van der Waals surface area contributed by atoms with Gasteiger partial charge < -0.3 is 0 Å². The Hall–Kier alpha value is -2.86. The van der Waals surface area contributed by atoms with Gasteiger partial charge in [0.2, 0.25) is 0 Å². The first-order chi connectivity index (χ1) is 10.8. The highest BCUT2D eigenvalue weighted by Gasteiger charge is 2.14. The standard InChI is InChI=1S/C16H11N3O2S/c20-15(18-16-17-10-14(19-21)22-16)13-9-5-4-8-12(13)11-6-2-1-3-7-11/h1-10H,(H,17,18,20). The van der Waals surface area contributed by atoms with Crippen molar-refractivity contribution in [1.82, 2.24) is 4.98 Å². The molecule has 0 aliphatic heterocycles. The lowest BCUT2D eigenvalue weighted by Crippen LogP contribution is -2.12. The third-order valence-electron chi connectivity index (χ3n) is 3.06. The molecule has 0 saturated heterocycles. The predicted molar refractivity (Wildman–Crippen MR) is 87.4 cm³/mol. The molecule has 0 atom stereocenters. The molecule has 1 amide bonds. The third kappa shape index (κ3) is 2.91. The molecular formula is C16H11N3O2S. The van der Waals surface area contributed by atoms with Crippen molar-refractivity contribution < 1.29 is 4.79 Å². The predicted octanol–water partition coefficient (Wildman–Crippen LogP) is 4.46. The maximum absolute atomic E-state index is 12.5. The van der Waals surface area contributed by atoms with Crippen LogP contribution < -0.4 is 5.32 Å². The number of carbonyl (C=O) groups excluding carboxylic acids is 1. The van der Waals surface area contributed by atoms with Crippen LogP contribution in [0.25, 0.3) is 11.1 Å². The fourth-order valence-corrected chi connectivity index (χ4v) is 2.67. The van der Waals surface area contributed by atoms with E-state index in [1.54, 1.807) is 6.07 Å². The van der Waals surface area contributed by atoms with Crippen LogP contribution in [0.15, 0.2) is 66.0 Å². The van der Waals surface area contributed by atoms with E-state index in [2.05, 4.69) is 15.5 Å². The summed E-state index contributed by atoms with van der Waals surface area (Å²) < 4.78 is 0. The number of aromatic nitrogens is 1. The van der Waals surface area contributed by atoms with Gasteiger partial charge in [0.25, 0.3) is 5.91 Å². The van der Waals surface area contributed by atoms with Gasteiger partial charge in [0.15, 0.2) is 10.1 Å². The van der Waals surface area contributed by atoms with Crippen molar-refractivity contribution >= 4 is 27.4 Å². The summed E-state index contributed by atoms with van der Waals surface area (Å²) in [6, 6.07) is 17.0. The molecule has 1 N–H and O–H groups in total. The van der Waals surface area contributed by atoms with E-state index in [0.29, 0.717) is 10.7 Å². The van der Waals surface area contributed by atoms with Crippen LogP contribution in [0.4, 0.5) is 10.1 Å². The summed E-state index contributed by atoms with van der Waals surface area (Å²) in [6.07, 6.45) is 1.33. The summed E-state index contributed by atoms with van der Waals surface area (Å²) in [5, 5.41) is 6.06. The second-order valence-corrected chi connectivity index (χ2v) is 5.47. The Kier molecular flexibility index (Phi) is 4.02. The van der Waals surface area contributed by atoms with Crippen molar-refractivity contribution in [1.29, 1.82) is 0 Å². The molecule has 0 radical (unpaired) electrons. The SMILES string of the molecule is O=Nc1cnc(NC(=O)c2ccccc2-c2ccccc2)s1. The van der Waals surface area contributed by atoms with Gasteiger partial charge in [-0.05, 0) is 22.4 Å². The quantitative estimate of drug-likeness (QED) is 0.723. The third-order valence-corrected chi connectivity index (χ3v) is 3.85. The van der Waals surface area contributed by atoms with Crippen molar-refractivity contribution in [3.8, 4) is 11.1 Å². The highest BCUT2D eigenvalue weighted by atomic mass is 32.1. The summed E-state index contributed by atoms with van der Waals surface area (Å²) in [6.45, 7) is 0. The fourth-order valence-electron chi connectivity index (χ4n) is 2.08. The number of nitroso groups, excluding NO2 is 1. The molecule has 0 spiro atoms. The van der Waals surface area contributed by atoms with E-state index in [1.807, 2.05) is 48.5 Å². The van der Waals surface area contributed by atoms with Gasteiger partial charge in [-0.1, -0.05) is 59.9 Å². The van der Waals surface area contributed by atoms with Crippen LogP contribution in [0.5, 0.6) is 0 Å². The molecule has 0 bridgehead atoms. The van der Waals surface area contributed by atoms with E-state index in [1.165, 1.54) is 6.20 Å². The molecule has 6 heteroatoms. The van der Waals surface area contributed by atoms with Crippen LogP contribution in [-0.2, 0) is 0 Å². The number of benzene rings is 2. The van der Waals surface area contributed by atoms with Crippen molar-refractivity contribution in [2.45, 2.75) is 0 Å². The molecule has 0 unspecified atom stereocenters. The van der Waals surface area contributed by atoms with Crippen LogP contribution in [-0.4, -0.2) is 10.9 Å². The maximum atomic E-state index is 12.5. The van der Waals surface area contributed by atoms with Crippen LogP contribution in [0, 0.1) is 4.91 Å². The lowest BCUT2D eigenvalue weighted by atomic mass is 9.99. The highest BCUT2D eigenvalue weighted by Crippen LogP contribution is 2.28. The summed E-state index contributed by atoms with van der Waals surface area (Å²) in [5.74, 6) is -0.272. The van der Waals surface area contributed by atoms with Gasteiger partial charge in [0, 0.05) is 5.56 Å². The molecule has 108 valence electrons. The zero-order valence-corrected chi connectivity index (χ0v) is 12.2. The molecule has 5 nitrogen and oxygen atoms in total. The summed E-state index contributed by atoms with van der Waals surface area (Å²) in [4.78, 5) is 26.8. The monoisotopic (exact) mass is 309 g/mol. The average Bonchev–Trinajstić information content (AvgIpc) is 3.03. The van der Waals surface area contributed by atoms with Crippen molar-refractivity contribution in [2.24, 2.45) is 5.18 Å². The van der Waals surface area contributed by atoms with Gasteiger partial charge in [0.05, 0.1) is 6.20 Å². The number of nitrogens with one attached hydrogen (secondary N) is 1. The molecule has 0 saturated carbocycles. The molecule has 3 rings (SSSR count). The second-order valence-electron chi connectivity index (χ2n) is 4.46. The van der Waals surface area contributed by atoms with E-state index >= 15 is 0 Å². The molecule has 0 aliphatic rings. The molecule has 1 heterocycles. The Balaban J connectivity index is 1.91. The first kappa shape index (κ1) is 14.1. The lowest BCUT2D eigenvalue weighted by molar-refractivity contribution is 0.102. The van der Waals surface area contributed by atoms with Crippen molar-refractivity contribution in [2.75, 3.05) is 5.32 Å². The number of anilines is 1. The number of hydrogen-bond acceptors (Lipinski definition) is 5. The van der Waals surface area contributed by atoms with Gasteiger partial charge in [-0.15, -0.1) is 4.91 Å². The summed E-state index contributed by atoms with van der Waals surface area (Å²) in [5.41, 5.74) is 2.35. The van der Waals surface area contributed by atoms with Crippen LogP contribution >= 0.6 is 11.3 Å². The van der Waals surface area contributed by atoms with E-state index in [4.69, 9.17) is 0 Å². The van der Waals surface area contributed by atoms with Gasteiger partial charge >= 0.3 is 0 Å². The molecule has 0 fully saturated rings. The zero-order chi connectivity index (χ0) is 15.4. The molecule has 2 aromatic carbocycles. The number of nitrogens with zero attached hydrogens (tertiary/aromatic N) is 2. The summed E-state index contributed by atoms with van der Waals surface area (Å²) in [7, 11) is 0. The van der Waals surface area contributed by atoms with Crippen molar-refractivity contribution in [3.63, 3.8) is 0 Å². The molecular weight excluding hydrogens is 298 g/mol. The number of amides is 1. The number of thiazole rings is 1. The minimum Gasteiger partial charge on any atom is -0.298 e. The summed E-state index contributed by atoms with van der Waals surface area (Å²) >= 11 is 1.04. The van der Waals surface area contributed by atoms with E-state index in [0.717, 1.165) is 22.5 Å². The van der Waals surface area contributed by atoms with Gasteiger partial charge in [-0.2, -0.15) is 0 Å². The van der Waals surface area contributed by atoms with E-state index in [9.17, 15) is 9.70 Å². The Morgan fingerprint density at radius 2 is 1.77 bits per heavy atom.